The van der Waals surface area contributed by atoms with E-state index in [4.69, 9.17) is 10.2 Å². The fourth-order valence-corrected chi connectivity index (χ4v) is 1.88. The zero-order valence-electron chi connectivity index (χ0n) is 8.31. The molecule has 0 fully saturated rings. The van der Waals surface area contributed by atoms with Crippen molar-refractivity contribution in [2.24, 2.45) is 5.73 Å². The number of nitrogens with two attached hydrogens (primary N) is 1. The molecule has 0 radical (unpaired) electrons. The third-order valence-corrected chi connectivity index (χ3v) is 3.05. The first kappa shape index (κ1) is 12.1. The van der Waals surface area contributed by atoms with Gasteiger partial charge in [-0.25, -0.2) is 0 Å². The van der Waals surface area contributed by atoms with Crippen LogP contribution in [0.15, 0.2) is 0 Å². The van der Waals surface area contributed by atoms with Crippen molar-refractivity contribution >= 4 is 9.76 Å². The van der Waals surface area contributed by atoms with Crippen molar-refractivity contribution in [3.05, 3.63) is 0 Å². The summed E-state index contributed by atoms with van der Waals surface area (Å²) in [6, 6.07) is 1.55. The number of nitrogens with one attached hydrogen (secondary N) is 1. The lowest BCUT2D eigenvalue weighted by Crippen LogP contribution is -2.31. The van der Waals surface area contributed by atoms with Crippen LogP contribution in [0.3, 0.4) is 0 Å². The summed E-state index contributed by atoms with van der Waals surface area (Å²) in [6.45, 7) is 6.97. The molecular formula is C8H22N2OSi. The van der Waals surface area contributed by atoms with Gasteiger partial charge >= 0.3 is 0 Å². The van der Waals surface area contributed by atoms with E-state index in [9.17, 15) is 0 Å². The van der Waals surface area contributed by atoms with Crippen LogP contribution in [0.5, 0.6) is 0 Å². The van der Waals surface area contributed by atoms with Gasteiger partial charge in [-0.1, -0.05) is 0 Å². The smallest absolute Gasteiger partial charge is 0.161 e. The summed E-state index contributed by atoms with van der Waals surface area (Å²) in [6.07, 6.45) is 1.24. The molecule has 0 aliphatic carbocycles. The summed E-state index contributed by atoms with van der Waals surface area (Å²) < 4.78 is 5.35. The van der Waals surface area contributed by atoms with Crippen LogP contribution in [0.1, 0.15) is 20.3 Å². The minimum atomic E-state index is -0.207. The van der Waals surface area contributed by atoms with Gasteiger partial charge < -0.3 is 15.5 Å². The van der Waals surface area contributed by atoms with E-state index in [1.807, 2.05) is 6.92 Å². The van der Waals surface area contributed by atoms with Crippen molar-refractivity contribution in [2.45, 2.75) is 32.4 Å². The van der Waals surface area contributed by atoms with Crippen LogP contribution in [0.4, 0.5) is 0 Å². The molecule has 0 saturated heterocycles. The second-order valence-corrected chi connectivity index (χ2v) is 4.61. The van der Waals surface area contributed by atoms with Crippen molar-refractivity contribution in [2.75, 3.05) is 19.7 Å². The fourth-order valence-electron chi connectivity index (χ4n) is 0.928. The van der Waals surface area contributed by atoms with Crippen molar-refractivity contribution in [3.8, 4) is 0 Å². The third kappa shape index (κ3) is 10.1. The number of hydrogen-bond donors (Lipinski definition) is 2. The van der Waals surface area contributed by atoms with Gasteiger partial charge in [0.25, 0.3) is 0 Å². The van der Waals surface area contributed by atoms with Crippen LogP contribution < -0.4 is 11.1 Å². The predicted molar refractivity (Wildman–Crippen MR) is 56.1 cm³/mol. The van der Waals surface area contributed by atoms with Gasteiger partial charge in [0.15, 0.2) is 9.76 Å². The Morgan fingerprint density at radius 3 is 2.92 bits per heavy atom. The Balaban J connectivity index is 2.82. The molecule has 0 aliphatic rings. The highest BCUT2D eigenvalue weighted by atomic mass is 28.2. The quantitative estimate of drug-likeness (QED) is 0.413. The van der Waals surface area contributed by atoms with E-state index < -0.39 is 0 Å². The van der Waals surface area contributed by atoms with Gasteiger partial charge in [0.1, 0.15) is 0 Å². The third-order valence-electron chi connectivity index (χ3n) is 1.56. The molecular weight excluding hydrogens is 168 g/mol. The van der Waals surface area contributed by atoms with E-state index in [0.29, 0.717) is 0 Å². The summed E-state index contributed by atoms with van der Waals surface area (Å²) in [4.78, 5) is 0. The highest BCUT2D eigenvalue weighted by Crippen LogP contribution is 1.87. The summed E-state index contributed by atoms with van der Waals surface area (Å²) in [5.41, 5.74) is 5.58. The van der Waals surface area contributed by atoms with Crippen LogP contribution in [-0.4, -0.2) is 35.5 Å². The van der Waals surface area contributed by atoms with Gasteiger partial charge in [0, 0.05) is 19.2 Å². The van der Waals surface area contributed by atoms with Crippen molar-refractivity contribution in [1.82, 2.24) is 5.32 Å². The monoisotopic (exact) mass is 190 g/mol. The second-order valence-electron chi connectivity index (χ2n) is 3.09. The van der Waals surface area contributed by atoms with Crippen LogP contribution in [0, 0.1) is 0 Å². The van der Waals surface area contributed by atoms with E-state index >= 15 is 0 Å². The number of rotatable bonds is 8. The normalized spacial score (nSPS) is 14.2. The van der Waals surface area contributed by atoms with Gasteiger partial charge in [0.2, 0.25) is 0 Å². The fraction of sp³-hybridized carbons (Fsp3) is 1.00. The molecule has 0 amide bonds. The largest absolute Gasteiger partial charge is 0.424 e. The SMILES string of the molecule is CCO[SiH2]CCCNCC(C)N. The Kier molecular flexibility index (Phi) is 9.26. The van der Waals surface area contributed by atoms with E-state index in [1.54, 1.807) is 0 Å². The topological polar surface area (TPSA) is 47.3 Å². The standard InChI is InChI=1S/C8H22N2OSi/c1-3-11-12-6-4-5-10-7-8(2)9/h8,10H,3-7,9,12H2,1-2H3. The lowest BCUT2D eigenvalue weighted by atomic mass is 10.3. The highest BCUT2D eigenvalue weighted by Gasteiger charge is 1.92. The zero-order chi connectivity index (χ0) is 9.23. The summed E-state index contributed by atoms with van der Waals surface area (Å²) in [7, 11) is -0.207. The molecule has 3 nitrogen and oxygen atoms in total. The molecule has 0 aromatic heterocycles. The maximum absolute atomic E-state index is 5.58. The summed E-state index contributed by atoms with van der Waals surface area (Å²) >= 11 is 0. The molecule has 0 aromatic rings. The summed E-state index contributed by atoms with van der Waals surface area (Å²) in [5.74, 6) is 0. The maximum Gasteiger partial charge on any atom is 0.161 e. The molecule has 0 aromatic carbocycles. The lowest BCUT2D eigenvalue weighted by Gasteiger charge is -2.06. The highest BCUT2D eigenvalue weighted by molar-refractivity contribution is 6.26. The zero-order valence-corrected chi connectivity index (χ0v) is 9.72. The molecule has 0 rings (SSSR count). The Bertz CT molecular complexity index is 91.1. The minimum Gasteiger partial charge on any atom is -0.424 e. The first-order valence-corrected chi connectivity index (χ1v) is 6.39. The lowest BCUT2D eigenvalue weighted by molar-refractivity contribution is 0.359. The molecule has 1 unspecified atom stereocenters. The van der Waals surface area contributed by atoms with Gasteiger partial charge in [0.05, 0.1) is 0 Å². The molecule has 0 bridgehead atoms. The first-order valence-electron chi connectivity index (χ1n) is 4.81. The van der Waals surface area contributed by atoms with Gasteiger partial charge in [-0.3, -0.25) is 0 Å². The van der Waals surface area contributed by atoms with Crippen molar-refractivity contribution < 1.29 is 4.43 Å². The van der Waals surface area contributed by atoms with Gasteiger partial charge in [-0.15, -0.1) is 0 Å². The molecule has 4 heteroatoms. The van der Waals surface area contributed by atoms with Crippen molar-refractivity contribution in [3.63, 3.8) is 0 Å². The summed E-state index contributed by atoms with van der Waals surface area (Å²) in [5, 5.41) is 3.30. The van der Waals surface area contributed by atoms with Crippen LogP contribution in [-0.2, 0) is 4.43 Å². The Morgan fingerprint density at radius 1 is 1.58 bits per heavy atom. The molecule has 74 valence electrons. The van der Waals surface area contributed by atoms with Crippen molar-refractivity contribution in [1.29, 1.82) is 0 Å². The van der Waals surface area contributed by atoms with Crippen LogP contribution in [0.25, 0.3) is 0 Å². The number of hydrogen-bond acceptors (Lipinski definition) is 3. The molecule has 0 aliphatic heterocycles. The van der Waals surface area contributed by atoms with E-state index in [1.165, 1.54) is 12.5 Å². The molecule has 1 atom stereocenters. The maximum atomic E-state index is 5.58. The Labute approximate surface area is 78.0 Å². The van der Waals surface area contributed by atoms with Gasteiger partial charge in [-0.05, 0) is 32.9 Å². The van der Waals surface area contributed by atoms with Gasteiger partial charge in [-0.2, -0.15) is 0 Å². The van der Waals surface area contributed by atoms with E-state index in [0.717, 1.165) is 19.7 Å². The van der Waals surface area contributed by atoms with E-state index in [-0.39, 0.29) is 15.8 Å². The molecule has 0 saturated carbocycles. The predicted octanol–water partition coefficient (Wildman–Crippen LogP) is -0.148. The molecule has 3 N–H and O–H groups in total. The van der Waals surface area contributed by atoms with E-state index in [2.05, 4.69) is 12.2 Å². The van der Waals surface area contributed by atoms with Crippen LogP contribution in [0.2, 0.25) is 6.04 Å². The Morgan fingerprint density at radius 2 is 2.33 bits per heavy atom. The Hall–Kier alpha value is 0.0969. The second kappa shape index (κ2) is 9.19. The first-order chi connectivity index (χ1) is 5.77. The average Bonchev–Trinajstić information content (AvgIpc) is 2.02. The molecule has 0 heterocycles. The minimum absolute atomic E-state index is 0.207. The molecule has 0 spiro atoms. The molecule has 12 heavy (non-hydrogen) atoms. The van der Waals surface area contributed by atoms with Crippen LogP contribution >= 0.6 is 0 Å². The average molecular weight is 190 g/mol.